The van der Waals surface area contributed by atoms with Crippen LogP contribution in [0.5, 0.6) is 5.88 Å². The molecule has 0 saturated carbocycles. The molecule has 0 unspecified atom stereocenters. The molecule has 6 heteroatoms. The second-order valence-corrected chi connectivity index (χ2v) is 2.41. The van der Waals surface area contributed by atoms with Gasteiger partial charge in [-0.3, -0.25) is 9.78 Å². The molecule has 0 bridgehead atoms. The fourth-order valence-electron chi connectivity index (χ4n) is 0.952. The third kappa shape index (κ3) is 1.71. The summed E-state index contributed by atoms with van der Waals surface area (Å²) in [5, 5.41) is 8.47. The van der Waals surface area contributed by atoms with Gasteiger partial charge >= 0.3 is 0 Å². The summed E-state index contributed by atoms with van der Waals surface area (Å²) in [6.45, 7) is 0. The molecule has 74 valence electrons. The van der Waals surface area contributed by atoms with Gasteiger partial charge in [-0.05, 0) is 0 Å². The Bertz CT molecular complexity index is 434. The van der Waals surface area contributed by atoms with Gasteiger partial charge < -0.3 is 4.74 Å². The first-order valence-electron chi connectivity index (χ1n) is 3.59. The van der Waals surface area contributed by atoms with Crippen LogP contribution >= 0.6 is 0 Å². The third-order valence-corrected chi connectivity index (χ3v) is 1.61. The molecule has 1 rings (SSSR count). The van der Waals surface area contributed by atoms with E-state index in [0.29, 0.717) is 0 Å². The Kier molecular flexibility index (Phi) is 2.82. The van der Waals surface area contributed by atoms with Gasteiger partial charge in [0, 0.05) is 11.6 Å². The fraction of sp³-hybridized carbons (Fsp3) is 0.250. The predicted octanol–water partition coefficient (Wildman–Crippen LogP) is 1.19. The summed E-state index contributed by atoms with van der Waals surface area (Å²) in [5.74, 6) is -0.0932. The monoisotopic (exact) mass is 200 g/mol. The van der Waals surface area contributed by atoms with E-state index in [1.165, 1.54) is 13.2 Å². The van der Waals surface area contributed by atoms with E-state index in [1.54, 1.807) is 0 Å². The van der Waals surface area contributed by atoms with E-state index in [1.807, 2.05) is 0 Å². The van der Waals surface area contributed by atoms with Gasteiger partial charge in [-0.15, -0.1) is 0 Å². The Hall–Kier alpha value is -1.90. The normalized spacial score (nSPS) is 9.93. The summed E-state index contributed by atoms with van der Waals surface area (Å²) < 4.78 is 29.3. The first-order chi connectivity index (χ1) is 6.60. The highest BCUT2D eigenvalue weighted by Crippen LogP contribution is 2.22. The van der Waals surface area contributed by atoms with Crippen molar-refractivity contribution in [2.24, 2.45) is 0 Å². The smallest absolute Gasteiger partial charge is 0.269 e. The summed E-state index contributed by atoms with van der Waals surface area (Å²) in [6, 6.07) is 2.35. The number of alkyl halides is 2. The number of H-pyrrole nitrogens is 1. The van der Waals surface area contributed by atoms with Crippen LogP contribution in [0.3, 0.4) is 0 Å². The van der Waals surface area contributed by atoms with Gasteiger partial charge in [0.05, 0.1) is 7.11 Å². The minimum atomic E-state index is -2.87. The Morgan fingerprint density at radius 1 is 1.64 bits per heavy atom. The highest BCUT2D eigenvalue weighted by Gasteiger charge is 2.17. The Morgan fingerprint density at radius 3 is 2.71 bits per heavy atom. The van der Waals surface area contributed by atoms with Crippen molar-refractivity contribution in [1.29, 1.82) is 5.26 Å². The number of aromatic nitrogens is 1. The van der Waals surface area contributed by atoms with Crippen molar-refractivity contribution in [2.75, 3.05) is 7.11 Å². The summed E-state index contributed by atoms with van der Waals surface area (Å²) >= 11 is 0. The van der Waals surface area contributed by atoms with Crippen molar-refractivity contribution < 1.29 is 13.5 Å². The molecule has 1 aromatic rings. The first-order valence-corrected chi connectivity index (χ1v) is 3.59. The predicted molar refractivity (Wildman–Crippen MR) is 43.3 cm³/mol. The highest BCUT2D eigenvalue weighted by atomic mass is 19.3. The summed E-state index contributed by atoms with van der Waals surface area (Å²) in [4.78, 5) is 13.2. The van der Waals surface area contributed by atoms with Crippen LogP contribution in [0.25, 0.3) is 0 Å². The van der Waals surface area contributed by atoms with Crippen molar-refractivity contribution in [2.45, 2.75) is 6.43 Å². The lowest BCUT2D eigenvalue weighted by Crippen LogP contribution is -2.14. The minimum absolute atomic E-state index is 0.0932. The molecule has 0 aromatic carbocycles. The largest absolute Gasteiger partial charge is 0.482 e. The minimum Gasteiger partial charge on any atom is -0.482 e. The van der Waals surface area contributed by atoms with E-state index in [0.717, 1.165) is 6.07 Å². The van der Waals surface area contributed by atoms with Crippen LogP contribution in [0.4, 0.5) is 8.78 Å². The number of hydrogen-bond acceptors (Lipinski definition) is 3. The molecule has 0 aliphatic rings. The van der Waals surface area contributed by atoms with E-state index >= 15 is 0 Å². The quantitative estimate of drug-likeness (QED) is 0.779. The summed E-state index contributed by atoms with van der Waals surface area (Å²) in [6.07, 6.45) is -2.87. The average molecular weight is 200 g/mol. The molecule has 0 atom stereocenters. The summed E-state index contributed by atoms with van der Waals surface area (Å²) in [5.41, 5.74) is -2.07. The van der Waals surface area contributed by atoms with Crippen LogP contribution in [-0.4, -0.2) is 12.1 Å². The number of nitriles is 1. The lowest BCUT2D eigenvalue weighted by molar-refractivity contribution is 0.150. The SMILES string of the molecule is COc1cc(C(F)F)c(C#N)c(=O)[nH]1. The van der Waals surface area contributed by atoms with Gasteiger partial charge in [-0.2, -0.15) is 5.26 Å². The van der Waals surface area contributed by atoms with E-state index in [2.05, 4.69) is 9.72 Å². The summed E-state index contributed by atoms with van der Waals surface area (Å²) in [7, 11) is 1.23. The fourth-order valence-corrected chi connectivity index (χ4v) is 0.952. The zero-order valence-electron chi connectivity index (χ0n) is 7.17. The Balaban J connectivity index is 3.46. The molecule has 1 aromatic heterocycles. The van der Waals surface area contributed by atoms with Crippen molar-refractivity contribution in [3.63, 3.8) is 0 Å². The van der Waals surface area contributed by atoms with Gasteiger partial charge in [0.25, 0.3) is 12.0 Å². The highest BCUT2D eigenvalue weighted by molar-refractivity contribution is 5.38. The molecule has 0 radical (unpaired) electrons. The van der Waals surface area contributed by atoms with Gasteiger partial charge in [0.2, 0.25) is 0 Å². The zero-order valence-corrected chi connectivity index (χ0v) is 7.17. The van der Waals surface area contributed by atoms with E-state index < -0.39 is 23.1 Å². The topological polar surface area (TPSA) is 65.9 Å². The number of hydrogen-bond donors (Lipinski definition) is 1. The van der Waals surface area contributed by atoms with E-state index in [-0.39, 0.29) is 5.88 Å². The van der Waals surface area contributed by atoms with Crippen molar-refractivity contribution >= 4 is 0 Å². The first kappa shape index (κ1) is 10.2. The number of rotatable bonds is 2. The Labute approximate surface area is 77.7 Å². The number of ether oxygens (including phenoxy) is 1. The maximum absolute atomic E-state index is 12.4. The van der Waals surface area contributed by atoms with Crippen molar-refractivity contribution in [3.8, 4) is 11.9 Å². The van der Waals surface area contributed by atoms with Crippen molar-refractivity contribution in [3.05, 3.63) is 27.5 Å². The zero-order chi connectivity index (χ0) is 10.7. The standard InChI is InChI=1S/C8H6F2N2O2/c1-14-6-2-4(7(9)10)5(3-11)8(13)12-6/h2,7H,1H3,(H,12,13). The van der Waals surface area contributed by atoms with Crippen LogP contribution in [-0.2, 0) is 0 Å². The lowest BCUT2D eigenvalue weighted by atomic mass is 10.1. The van der Waals surface area contributed by atoms with Crippen LogP contribution in [0, 0.1) is 11.3 Å². The van der Waals surface area contributed by atoms with E-state index in [4.69, 9.17) is 5.26 Å². The van der Waals surface area contributed by atoms with Gasteiger partial charge in [-0.25, -0.2) is 8.78 Å². The molecular weight excluding hydrogens is 194 g/mol. The molecule has 0 amide bonds. The molecule has 1 heterocycles. The van der Waals surface area contributed by atoms with Crippen LogP contribution in [0.15, 0.2) is 10.9 Å². The maximum atomic E-state index is 12.4. The maximum Gasteiger partial charge on any atom is 0.269 e. The molecule has 0 aliphatic heterocycles. The average Bonchev–Trinajstić information content (AvgIpc) is 2.16. The number of halogens is 2. The molecule has 1 N–H and O–H groups in total. The lowest BCUT2D eigenvalue weighted by Gasteiger charge is -2.04. The van der Waals surface area contributed by atoms with Crippen molar-refractivity contribution in [1.82, 2.24) is 4.98 Å². The number of methoxy groups -OCH3 is 1. The third-order valence-electron chi connectivity index (χ3n) is 1.61. The van der Waals surface area contributed by atoms with Crippen LogP contribution in [0.1, 0.15) is 17.6 Å². The number of pyridine rings is 1. The number of aromatic amines is 1. The second-order valence-electron chi connectivity index (χ2n) is 2.41. The molecular formula is C8H6F2N2O2. The van der Waals surface area contributed by atoms with E-state index in [9.17, 15) is 13.6 Å². The molecule has 0 saturated heterocycles. The number of nitrogens with zero attached hydrogens (tertiary/aromatic N) is 1. The van der Waals surface area contributed by atoms with Gasteiger partial charge in [0.15, 0.2) is 5.88 Å². The Morgan fingerprint density at radius 2 is 2.29 bits per heavy atom. The van der Waals surface area contributed by atoms with Crippen LogP contribution < -0.4 is 10.3 Å². The van der Waals surface area contributed by atoms with Gasteiger partial charge in [0.1, 0.15) is 11.6 Å². The van der Waals surface area contributed by atoms with Crippen LogP contribution in [0.2, 0.25) is 0 Å². The van der Waals surface area contributed by atoms with Gasteiger partial charge in [-0.1, -0.05) is 0 Å². The second kappa shape index (κ2) is 3.87. The molecule has 0 fully saturated rings. The molecule has 14 heavy (non-hydrogen) atoms. The molecule has 4 nitrogen and oxygen atoms in total. The molecule has 0 spiro atoms. The molecule has 0 aliphatic carbocycles. The number of nitrogens with one attached hydrogen (secondary N) is 1.